The molecular formula is C18H29ClN8O7S. The van der Waals surface area contributed by atoms with Crippen LogP contribution in [-0.2, 0) is 19.2 Å². The highest BCUT2D eigenvalue weighted by Gasteiger charge is 2.25. The number of hydroxylamine groups is 1. The number of carbonyl (C=O) groups excluding carboxylic acids is 2. The van der Waals surface area contributed by atoms with Crippen molar-refractivity contribution in [2.45, 2.75) is 57.1 Å². The second-order valence-corrected chi connectivity index (χ2v) is 9.21. The van der Waals surface area contributed by atoms with Crippen LogP contribution in [0.3, 0.4) is 0 Å². The van der Waals surface area contributed by atoms with Gasteiger partial charge in [-0.05, 0) is 38.8 Å². The fraction of sp³-hybridized carbons (Fsp3) is 0.611. The summed E-state index contributed by atoms with van der Waals surface area (Å²) in [5.74, 6) is -4.09. The molecule has 17 heteroatoms. The predicted molar refractivity (Wildman–Crippen MR) is 127 cm³/mol. The third-order valence-corrected chi connectivity index (χ3v) is 5.51. The van der Waals surface area contributed by atoms with E-state index in [-0.39, 0.29) is 41.8 Å². The first kappa shape index (κ1) is 30.1. The zero-order valence-corrected chi connectivity index (χ0v) is 20.8. The average molecular weight is 537 g/mol. The van der Waals surface area contributed by atoms with Crippen LogP contribution in [-0.4, -0.2) is 89.9 Å². The molecule has 0 bridgehead atoms. The Balaban J connectivity index is 2.86. The number of nitrogens with one attached hydrogen (secondary N) is 3. The van der Waals surface area contributed by atoms with Gasteiger partial charge < -0.3 is 31.9 Å². The van der Waals surface area contributed by atoms with Gasteiger partial charge in [0.25, 0.3) is 5.95 Å². The smallest absolute Gasteiger partial charge is 0.322 e. The zero-order chi connectivity index (χ0) is 26.7. The molecule has 1 heterocycles. The number of hydrogen-bond donors (Lipinski definition) is 7. The molecule has 3 unspecified atom stereocenters. The topological polar surface area (TPSA) is 233 Å². The number of hydrogen-bond acceptors (Lipinski definition) is 12. The quantitative estimate of drug-likeness (QED) is 0.110. The molecule has 3 atom stereocenters. The minimum atomic E-state index is -1.28. The van der Waals surface area contributed by atoms with Gasteiger partial charge in [-0.2, -0.15) is 15.0 Å². The van der Waals surface area contributed by atoms with Crippen LogP contribution in [0.4, 0.5) is 11.9 Å². The maximum atomic E-state index is 12.4. The van der Waals surface area contributed by atoms with E-state index in [0.717, 1.165) is 11.8 Å². The molecule has 35 heavy (non-hydrogen) atoms. The molecule has 0 radical (unpaired) electrons. The van der Waals surface area contributed by atoms with Gasteiger partial charge in [-0.3, -0.25) is 24.4 Å². The molecule has 2 amide bonds. The van der Waals surface area contributed by atoms with Crippen LogP contribution < -0.4 is 26.7 Å². The number of anilines is 2. The number of aromatic nitrogens is 3. The lowest BCUT2D eigenvalue weighted by Gasteiger charge is -2.25. The normalized spacial score (nSPS) is 13.5. The minimum absolute atomic E-state index is 0.0148. The Morgan fingerprint density at radius 3 is 2.37 bits per heavy atom. The Kier molecular flexibility index (Phi) is 12.4. The standard InChI is InChI=1S/C18H29ClN8O7S/c1-8(2)22-17-24-16(19)25-18(26-17)27(34)9(3)35-7-11(14(31)21-6-13(29)30)23-12(28)5-4-10(20)15(32)33/h8-11,34H,4-7,20H2,1-3H3,(H,21,31)(H,23,28)(H,29,30)(H,32,33)(H,22,24,25,26). The Morgan fingerprint density at radius 2 is 1.80 bits per heavy atom. The predicted octanol–water partition coefficient (Wildman–Crippen LogP) is -0.502. The van der Waals surface area contributed by atoms with Crippen LogP contribution in [0.1, 0.15) is 33.6 Å². The van der Waals surface area contributed by atoms with Crippen molar-refractivity contribution < 1.29 is 34.6 Å². The molecule has 8 N–H and O–H groups in total. The molecule has 0 aliphatic rings. The van der Waals surface area contributed by atoms with Gasteiger partial charge in [0.2, 0.25) is 23.0 Å². The molecule has 196 valence electrons. The number of carboxylic acid groups (broad SMARTS) is 2. The number of rotatable bonds is 15. The Morgan fingerprint density at radius 1 is 1.14 bits per heavy atom. The van der Waals surface area contributed by atoms with Crippen molar-refractivity contribution in [2.75, 3.05) is 22.7 Å². The number of carboxylic acids is 2. The number of nitrogens with two attached hydrogens (primary N) is 1. The summed E-state index contributed by atoms with van der Waals surface area (Å²) in [4.78, 5) is 58.1. The van der Waals surface area contributed by atoms with Crippen LogP contribution in [0.5, 0.6) is 0 Å². The lowest BCUT2D eigenvalue weighted by atomic mass is 10.1. The average Bonchev–Trinajstić information content (AvgIpc) is 2.76. The molecule has 0 saturated carbocycles. The van der Waals surface area contributed by atoms with E-state index in [4.69, 9.17) is 27.5 Å². The highest BCUT2D eigenvalue weighted by molar-refractivity contribution is 8.00. The van der Waals surface area contributed by atoms with Crippen molar-refractivity contribution in [3.8, 4) is 0 Å². The summed E-state index contributed by atoms with van der Waals surface area (Å²) < 4.78 is 0. The summed E-state index contributed by atoms with van der Waals surface area (Å²) in [5, 5.41) is 35.4. The van der Waals surface area contributed by atoms with Gasteiger partial charge in [0.05, 0.1) is 0 Å². The van der Waals surface area contributed by atoms with Crippen LogP contribution in [0.2, 0.25) is 5.28 Å². The molecule has 1 rings (SSSR count). The highest BCUT2D eigenvalue weighted by Crippen LogP contribution is 2.21. The zero-order valence-electron chi connectivity index (χ0n) is 19.3. The van der Waals surface area contributed by atoms with Crippen LogP contribution in [0, 0.1) is 0 Å². The van der Waals surface area contributed by atoms with Gasteiger partial charge >= 0.3 is 11.9 Å². The van der Waals surface area contributed by atoms with Crippen LogP contribution in [0.15, 0.2) is 0 Å². The maximum Gasteiger partial charge on any atom is 0.322 e. The second kappa shape index (κ2) is 14.4. The highest BCUT2D eigenvalue weighted by atomic mass is 35.5. The van der Waals surface area contributed by atoms with E-state index in [0.29, 0.717) is 5.06 Å². The fourth-order valence-corrected chi connectivity index (χ4v) is 3.48. The van der Waals surface area contributed by atoms with Gasteiger partial charge in [0, 0.05) is 18.2 Å². The summed E-state index contributed by atoms with van der Waals surface area (Å²) in [7, 11) is 0. The second-order valence-electron chi connectivity index (χ2n) is 7.52. The molecule has 0 fully saturated rings. The molecule has 0 aliphatic carbocycles. The van der Waals surface area contributed by atoms with Crippen molar-refractivity contribution in [1.82, 2.24) is 25.6 Å². The number of amides is 2. The summed E-state index contributed by atoms with van der Waals surface area (Å²) in [6, 6.07) is -2.46. The van der Waals surface area contributed by atoms with Gasteiger partial charge in [-0.25, -0.2) is 5.06 Å². The van der Waals surface area contributed by atoms with Crippen molar-refractivity contribution in [1.29, 1.82) is 0 Å². The fourth-order valence-electron chi connectivity index (χ4n) is 2.38. The lowest BCUT2D eigenvalue weighted by molar-refractivity contribution is -0.139. The minimum Gasteiger partial charge on any atom is -0.480 e. The van der Waals surface area contributed by atoms with E-state index < -0.39 is 47.8 Å². The van der Waals surface area contributed by atoms with Crippen molar-refractivity contribution in [3.63, 3.8) is 0 Å². The number of halogens is 1. The summed E-state index contributed by atoms with van der Waals surface area (Å²) in [5.41, 5.74) is 5.38. The van der Waals surface area contributed by atoms with Crippen molar-refractivity contribution in [3.05, 3.63) is 5.28 Å². The molecule has 1 aromatic heterocycles. The van der Waals surface area contributed by atoms with E-state index in [1.165, 1.54) is 0 Å². The van der Waals surface area contributed by atoms with Gasteiger partial charge in [0.15, 0.2) is 0 Å². The van der Waals surface area contributed by atoms with E-state index in [1.807, 2.05) is 13.8 Å². The molecule has 0 aliphatic heterocycles. The van der Waals surface area contributed by atoms with Gasteiger partial charge in [-0.15, -0.1) is 11.8 Å². The van der Waals surface area contributed by atoms with Crippen LogP contribution in [0.25, 0.3) is 0 Å². The Bertz CT molecular complexity index is 910. The molecular weight excluding hydrogens is 508 g/mol. The molecule has 15 nitrogen and oxygen atoms in total. The number of nitrogens with zero attached hydrogens (tertiary/aromatic N) is 4. The van der Waals surface area contributed by atoms with Crippen molar-refractivity contribution in [2.24, 2.45) is 5.73 Å². The third-order valence-electron chi connectivity index (χ3n) is 4.13. The summed E-state index contributed by atoms with van der Waals surface area (Å²) >= 11 is 6.92. The van der Waals surface area contributed by atoms with Crippen LogP contribution >= 0.6 is 23.4 Å². The number of carbonyl (C=O) groups is 4. The number of aliphatic carboxylic acids is 2. The third kappa shape index (κ3) is 11.3. The van der Waals surface area contributed by atoms with E-state index in [1.54, 1.807) is 6.92 Å². The summed E-state index contributed by atoms with van der Waals surface area (Å²) in [6.07, 6.45) is -0.428. The van der Waals surface area contributed by atoms with E-state index in [9.17, 15) is 24.4 Å². The SMILES string of the molecule is CC(C)Nc1nc(Cl)nc(N(O)C(C)SCC(NC(=O)CCC(N)C(=O)O)C(=O)NCC(=O)O)n1. The molecule has 1 aromatic rings. The molecule has 0 aromatic carbocycles. The van der Waals surface area contributed by atoms with E-state index >= 15 is 0 Å². The number of thioether (sulfide) groups is 1. The first-order valence-corrected chi connectivity index (χ1v) is 11.8. The first-order valence-electron chi connectivity index (χ1n) is 10.3. The van der Waals surface area contributed by atoms with Crippen molar-refractivity contribution >= 4 is 59.0 Å². The monoisotopic (exact) mass is 536 g/mol. The van der Waals surface area contributed by atoms with Gasteiger partial charge in [-0.1, -0.05) is 0 Å². The maximum absolute atomic E-state index is 12.4. The largest absolute Gasteiger partial charge is 0.480 e. The molecule has 0 saturated heterocycles. The Hall–Kier alpha value is -2.95. The van der Waals surface area contributed by atoms with Gasteiger partial charge in [0.1, 0.15) is 24.0 Å². The molecule has 0 spiro atoms. The first-order chi connectivity index (χ1) is 16.3. The lowest BCUT2D eigenvalue weighted by Crippen LogP contribution is -2.50. The Labute approximate surface area is 210 Å². The summed E-state index contributed by atoms with van der Waals surface area (Å²) in [6.45, 7) is 4.60. The van der Waals surface area contributed by atoms with E-state index in [2.05, 4.69) is 30.9 Å².